The first-order valence-corrected chi connectivity index (χ1v) is 10.8. The number of piperidine rings is 1. The van der Waals surface area contributed by atoms with Crippen molar-refractivity contribution in [1.29, 1.82) is 0 Å². The fourth-order valence-corrected chi connectivity index (χ4v) is 3.99. The van der Waals surface area contributed by atoms with Crippen molar-refractivity contribution in [3.05, 3.63) is 71.6 Å². The predicted octanol–water partition coefficient (Wildman–Crippen LogP) is 4.71. The number of oxazole rings is 1. The minimum absolute atomic E-state index is 0.378. The van der Waals surface area contributed by atoms with Crippen LogP contribution in [0.2, 0.25) is 0 Å². The third kappa shape index (κ3) is 5.52. The standard InChI is InChI=1S/C25H28N2O4/c1-18-5-4-6-20(15-18)24-26-21(17-31-24)12-14-30-22-10-8-19(9-11-22)16-27-13-3-2-7-23(27)25(28)29/h4-6,8-11,15,17,23H,2-3,7,12-14,16H2,1H3,(H,28,29). The van der Waals surface area contributed by atoms with E-state index in [4.69, 9.17) is 9.15 Å². The van der Waals surface area contributed by atoms with E-state index in [-0.39, 0.29) is 6.04 Å². The summed E-state index contributed by atoms with van der Waals surface area (Å²) in [5.41, 5.74) is 4.10. The lowest BCUT2D eigenvalue weighted by atomic mass is 10.0. The van der Waals surface area contributed by atoms with Gasteiger partial charge in [0.15, 0.2) is 0 Å². The summed E-state index contributed by atoms with van der Waals surface area (Å²) >= 11 is 0. The molecule has 0 amide bonds. The summed E-state index contributed by atoms with van der Waals surface area (Å²) in [5, 5.41) is 9.43. The molecule has 0 spiro atoms. The van der Waals surface area contributed by atoms with Crippen LogP contribution in [-0.4, -0.2) is 40.2 Å². The minimum atomic E-state index is -0.724. The van der Waals surface area contributed by atoms with Crippen molar-refractivity contribution in [3.63, 3.8) is 0 Å². The number of carbonyl (C=O) groups is 1. The van der Waals surface area contributed by atoms with E-state index < -0.39 is 5.97 Å². The highest BCUT2D eigenvalue weighted by atomic mass is 16.5. The Kier molecular flexibility index (Phi) is 6.67. The average Bonchev–Trinajstić information content (AvgIpc) is 3.24. The van der Waals surface area contributed by atoms with Crippen LogP contribution >= 0.6 is 0 Å². The molecule has 3 aromatic rings. The summed E-state index contributed by atoms with van der Waals surface area (Å²) in [7, 11) is 0. The topological polar surface area (TPSA) is 75.8 Å². The van der Waals surface area contributed by atoms with Crippen molar-refractivity contribution in [3.8, 4) is 17.2 Å². The molecule has 1 atom stereocenters. The SMILES string of the molecule is Cc1cccc(-c2nc(CCOc3ccc(CN4CCCCC4C(=O)O)cc3)co2)c1. The van der Waals surface area contributed by atoms with Gasteiger partial charge in [0.2, 0.25) is 5.89 Å². The molecule has 1 N–H and O–H groups in total. The normalized spacial score (nSPS) is 16.9. The first-order valence-electron chi connectivity index (χ1n) is 10.8. The fourth-order valence-electron chi connectivity index (χ4n) is 3.99. The van der Waals surface area contributed by atoms with Gasteiger partial charge in [-0.15, -0.1) is 0 Å². The molecule has 2 heterocycles. The smallest absolute Gasteiger partial charge is 0.320 e. The summed E-state index contributed by atoms with van der Waals surface area (Å²) in [6.45, 7) is 4.03. The zero-order valence-corrected chi connectivity index (χ0v) is 17.8. The van der Waals surface area contributed by atoms with Crippen LogP contribution in [0.4, 0.5) is 0 Å². The lowest BCUT2D eigenvalue weighted by Gasteiger charge is -2.32. The number of carboxylic acid groups (broad SMARTS) is 1. The molecule has 0 radical (unpaired) electrons. The molecule has 0 aliphatic carbocycles. The second-order valence-electron chi connectivity index (χ2n) is 8.08. The molecule has 0 bridgehead atoms. The molecular weight excluding hydrogens is 392 g/mol. The van der Waals surface area contributed by atoms with E-state index in [9.17, 15) is 9.90 Å². The number of ether oxygens (including phenoxy) is 1. The Hall–Kier alpha value is -3.12. The van der Waals surface area contributed by atoms with E-state index in [1.54, 1.807) is 6.26 Å². The molecule has 1 aromatic heterocycles. The molecule has 2 aromatic carbocycles. The van der Waals surface area contributed by atoms with Gasteiger partial charge in [-0.1, -0.05) is 36.2 Å². The first-order chi connectivity index (χ1) is 15.1. The maximum Gasteiger partial charge on any atom is 0.320 e. The Balaban J connectivity index is 1.28. The van der Waals surface area contributed by atoms with E-state index in [0.717, 1.165) is 48.4 Å². The Labute approximate surface area is 182 Å². The van der Waals surface area contributed by atoms with Gasteiger partial charge in [-0.05, 0) is 56.1 Å². The molecule has 1 fully saturated rings. The molecule has 6 heteroatoms. The summed E-state index contributed by atoms with van der Waals surface area (Å²) in [6, 6.07) is 15.6. The van der Waals surface area contributed by atoms with Crippen LogP contribution in [-0.2, 0) is 17.8 Å². The Bertz CT molecular complexity index is 1010. The van der Waals surface area contributed by atoms with Gasteiger partial charge >= 0.3 is 5.97 Å². The van der Waals surface area contributed by atoms with Crippen molar-refractivity contribution in [2.75, 3.05) is 13.2 Å². The molecule has 4 rings (SSSR count). The summed E-state index contributed by atoms with van der Waals surface area (Å²) in [6.07, 6.45) is 5.10. The predicted molar refractivity (Wildman–Crippen MR) is 118 cm³/mol. The number of likely N-dealkylation sites (tertiary alicyclic amines) is 1. The number of benzene rings is 2. The number of rotatable bonds is 8. The molecule has 1 aliphatic heterocycles. The molecule has 162 valence electrons. The second kappa shape index (κ2) is 9.79. The number of nitrogens with zero attached hydrogens (tertiary/aromatic N) is 2. The van der Waals surface area contributed by atoms with Gasteiger partial charge in [0.1, 0.15) is 18.1 Å². The van der Waals surface area contributed by atoms with E-state index in [0.29, 0.717) is 25.5 Å². The molecule has 1 saturated heterocycles. The summed E-state index contributed by atoms with van der Waals surface area (Å²) in [5.74, 6) is 0.693. The number of aromatic nitrogens is 1. The van der Waals surface area contributed by atoms with Crippen LogP contribution in [0.25, 0.3) is 11.5 Å². The van der Waals surface area contributed by atoms with E-state index in [2.05, 4.69) is 16.0 Å². The Morgan fingerprint density at radius 3 is 2.84 bits per heavy atom. The van der Waals surface area contributed by atoms with Crippen molar-refractivity contribution in [1.82, 2.24) is 9.88 Å². The van der Waals surface area contributed by atoms with Crippen LogP contribution in [0, 0.1) is 6.92 Å². The Morgan fingerprint density at radius 2 is 2.06 bits per heavy atom. The molecule has 31 heavy (non-hydrogen) atoms. The maximum absolute atomic E-state index is 11.5. The second-order valence-corrected chi connectivity index (χ2v) is 8.08. The average molecular weight is 421 g/mol. The highest BCUT2D eigenvalue weighted by molar-refractivity contribution is 5.73. The van der Waals surface area contributed by atoms with E-state index in [1.165, 1.54) is 5.56 Å². The van der Waals surface area contributed by atoms with Gasteiger partial charge in [-0.25, -0.2) is 4.98 Å². The van der Waals surface area contributed by atoms with E-state index >= 15 is 0 Å². The van der Waals surface area contributed by atoms with Crippen LogP contribution in [0.5, 0.6) is 5.75 Å². The Morgan fingerprint density at radius 1 is 1.23 bits per heavy atom. The monoisotopic (exact) mass is 420 g/mol. The lowest BCUT2D eigenvalue weighted by molar-refractivity contribution is -0.144. The van der Waals surface area contributed by atoms with Crippen LogP contribution in [0.3, 0.4) is 0 Å². The molecule has 1 aliphatic rings. The van der Waals surface area contributed by atoms with Gasteiger partial charge < -0.3 is 14.3 Å². The summed E-state index contributed by atoms with van der Waals surface area (Å²) in [4.78, 5) is 18.1. The van der Waals surface area contributed by atoms with Crippen molar-refractivity contribution in [2.24, 2.45) is 0 Å². The first kappa shape index (κ1) is 21.1. The van der Waals surface area contributed by atoms with Crippen LogP contribution in [0.1, 0.15) is 36.1 Å². The number of hydrogen-bond acceptors (Lipinski definition) is 5. The lowest BCUT2D eigenvalue weighted by Crippen LogP contribution is -2.43. The third-order valence-corrected chi connectivity index (χ3v) is 5.65. The van der Waals surface area contributed by atoms with Crippen molar-refractivity contribution in [2.45, 2.75) is 45.2 Å². The van der Waals surface area contributed by atoms with Crippen molar-refractivity contribution >= 4 is 5.97 Å². The molecule has 1 unspecified atom stereocenters. The zero-order valence-electron chi connectivity index (χ0n) is 17.8. The molecule has 6 nitrogen and oxygen atoms in total. The molecule has 0 saturated carbocycles. The number of hydrogen-bond donors (Lipinski definition) is 1. The van der Waals surface area contributed by atoms with Gasteiger partial charge in [0.05, 0.1) is 12.3 Å². The fraction of sp³-hybridized carbons (Fsp3) is 0.360. The maximum atomic E-state index is 11.5. The molecular formula is C25H28N2O4. The zero-order chi connectivity index (χ0) is 21.6. The van der Waals surface area contributed by atoms with Gasteiger partial charge in [0.25, 0.3) is 0 Å². The minimum Gasteiger partial charge on any atom is -0.493 e. The number of aryl methyl sites for hydroxylation is 1. The number of aliphatic carboxylic acids is 1. The largest absolute Gasteiger partial charge is 0.493 e. The van der Waals surface area contributed by atoms with E-state index in [1.807, 2.05) is 49.4 Å². The van der Waals surface area contributed by atoms with Gasteiger partial charge in [-0.3, -0.25) is 9.69 Å². The highest BCUT2D eigenvalue weighted by Gasteiger charge is 2.28. The van der Waals surface area contributed by atoms with Crippen molar-refractivity contribution < 1.29 is 19.1 Å². The van der Waals surface area contributed by atoms with Crippen LogP contribution < -0.4 is 4.74 Å². The van der Waals surface area contributed by atoms with Gasteiger partial charge in [-0.2, -0.15) is 0 Å². The summed E-state index contributed by atoms with van der Waals surface area (Å²) < 4.78 is 11.5. The third-order valence-electron chi connectivity index (χ3n) is 5.65. The number of carboxylic acids is 1. The van der Waals surface area contributed by atoms with Gasteiger partial charge in [0, 0.05) is 18.5 Å². The van der Waals surface area contributed by atoms with Crippen LogP contribution in [0.15, 0.2) is 59.2 Å². The quantitative estimate of drug-likeness (QED) is 0.569. The highest BCUT2D eigenvalue weighted by Crippen LogP contribution is 2.22.